The summed E-state index contributed by atoms with van der Waals surface area (Å²) in [5.74, 6) is 3.17. The third-order valence-corrected chi connectivity index (χ3v) is 4.48. The topological polar surface area (TPSA) is 23.5 Å². The molecule has 2 unspecified atom stereocenters. The zero-order valence-corrected chi connectivity index (χ0v) is 9.64. The Hall–Kier alpha value is 0.270. The summed E-state index contributed by atoms with van der Waals surface area (Å²) in [6.45, 7) is 3.62. The van der Waals surface area contributed by atoms with Crippen molar-refractivity contribution >= 4 is 11.8 Å². The van der Waals surface area contributed by atoms with Crippen LogP contribution in [0.1, 0.15) is 25.7 Å². The van der Waals surface area contributed by atoms with Crippen LogP contribution < -0.4 is 0 Å². The molecule has 0 aromatic heterocycles. The highest BCUT2D eigenvalue weighted by atomic mass is 32.2. The summed E-state index contributed by atoms with van der Waals surface area (Å²) < 4.78 is 0. The number of hydrogen-bond donors (Lipinski definition) is 1. The number of nitrogens with zero attached hydrogens (tertiary/aromatic N) is 1. The highest BCUT2D eigenvalue weighted by molar-refractivity contribution is 7.99. The van der Waals surface area contributed by atoms with Crippen molar-refractivity contribution in [2.75, 3.05) is 31.1 Å². The van der Waals surface area contributed by atoms with E-state index >= 15 is 0 Å². The summed E-state index contributed by atoms with van der Waals surface area (Å²) in [5, 5.41) is 9.76. The molecule has 2 fully saturated rings. The molecule has 0 spiro atoms. The van der Waals surface area contributed by atoms with Crippen molar-refractivity contribution in [3.05, 3.63) is 0 Å². The smallest absolute Gasteiger partial charge is 0.0580 e. The van der Waals surface area contributed by atoms with E-state index in [4.69, 9.17) is 0 Å². The molecule has 1 N–H and O–H groups in total. The largest absolute Gasteiger partial charge is 0.393 e. The predicted octanol–water partition coefficient (Wildman–Crippen LogP) is 1.59. The summed E-state index contributed by atoms with van der Waals surface area (Å²) in [6, 6.07) is 0. The van der Waals surface area contributed by atoms with Crippen LogP contribution in [0.4, 0.5) is 0 Å². The number of rotatable bonds is 2. The molecule has 3 heteroatoms. The van der Waals surface area contributed by atoms with Gasteiger partial charge in [0.25, 0.3) is 0 Å². The molecule has 14 heavy (non-hydrogen) atoms. The van der Waals surface area contributed by atoms with Crippen LogP contribution in [-0.4, -0.2) is 47.3 Å². The number of aliphatic hydroxyl groups excluding tert-OH is 1. The minimum atomic E-state index is -0.00842. The minimum absolute atomic E-state index is 0.00842. The molecule has 0 aromatic rings. The first-order valence-corrected chi connectivity index (χ1v) is 7.00. The van der Waals surface area contributed by atoms with Crippen molar-refractivity contribution in [1.29, 1.82) is 0 Å². The Balaban J connectivity index is 1.77. The van der Waals surface area contributed by atoms with Gasteiger partial charge in [-0.1, -0.05) is 6.42 Å². The van der Waals surface area contributed by atoms with E-state index in [2.05, 4.69) is 16.7 Å². The van der Waals surface area contributed by atoms with Gasteiger partial charge in [-0.05, 0) is 37.5 Å². The molecule has 1 aliphatic carbocycles. The molecule has 0 radical (unpaired) electrons. The first kappa shape index (κ1) is 10.8. The third kappa shape index (κ3) is 2.88. The van der Waals surface area contributed by atoms with Gasteiger partial charge >= 0.3 is 0 Å². The monoisotopic (exact) mass is 215 g/mol. The van der Waals surface area contributed by atoms with Crippen LogP contribution in [0.5, 0.6) is 0 Å². The lowest BCUT2D eigenvalue weighted by atomic mass is 10.1. The maximum Gasteiger partial charge on any atom is 0.0580 e. The van der Waals surface area contributed by atoms with Gasteiger partial charge in [0.2, 0.25) is 0 Å². The minimum Gasteiger partial charge on any atom is -0.393 e. The highest BCUT2D eigenvalue weighted by Gasteiger charge is 2.27. The average molecular weight is 215 g/mol. The SMILES string of the molecule is OC1CCCC1CN1CCCSCC1. The van der Waals surface area contributed by atoms with E-state index in [0.717, 1.165) is 13.0 Å². The van der Waals surface area contributed by atoms with E-state index in [0.29, 0.717) is 5.92 Å². The van der Waals surface area contributed by atoms with E-state index in [1.807, 2.05) is 0 Å². The standard InChI is InChI=1S/C11H21NOS/c13-11-4-1-3-10(11)9-12-5-2-7-14-8-6-12/h10-11,13H,1-9H2. The highest BCUT2D eigenvalue weighted by Crippen LogP contribution is 2.26. The molecule has 1 heterocycles. The lowest BCUT2D eigenvalue weighted by molar-refractivity contribution is 0.104. The zero-order valence-electron chi connectivity index (χ0n) is 8.82. The van der Waals surface area contributed by atoms with E-state index in [1.165, 1.54) is 43.9 Å². The van der Waals surface area contributed by atoms with Gasteiger partial charge < -0.3 is 10.0 Å². The molecule has 0 amide bonds. The van der Waals surface area contributed by atoms with Gasteiger partial charge in [-0.15, -0.1) is 0 Å². The molecule has 1 saturated carbocycles. The van der Waals surface area contributed by atoms with Crippen LogP contribution in [0.3, 0.4) is 0 Å². The molecule has 1 aliphatic heterocycles. The fourth-order valence-electron chi connectivity index (χ4n) is 2.54. The summed E-state index contributed by atoms with van der Waals surface area (Å²) >= 11 is 2.07. The second-order valence-electron chi connectivity index (χ2n) is 4.52. The Bertz CT molecular complexity index is 169. The molecule has 2 rings (SSSR count). The molecule has 2 atom stereocenters. The first-order valence-electron chi connectivity index (χ1n) is 5.84. The molecule has 0 bridgehead atoms. The number of thioether (sulfide) groups is 1. The van der Waals surface area contributed by atoms with E-state index in [-0.39, 0.29) is 6.10 Å². The van der Waals surface area contributed by atoms with Crippen molar-refractivity contribution in [3.63, 3.8) is 0 Å². The predicted molar refractivity (Wildman–Crippen MR) is 61.7 cm³/mol. The normalized spacial score (nSPS) is 35.8. The second kappa shape index (κ2) is 5.38. The zero-order chi connectivity index (χ0) is 9.80. The van der Waals surface area contributed by atoms with Crippen molar-refractivity contribution in [1.82, 2.24) is 4.90 Å². The molecule has 0 aromatic carbocycles. The molecule has 2 nitrogen and oxygen atoms in total. The van der Waals surface area contributed by atoms with Crippen LogP contribution in [0.15, 0.2) is 0 Å². The molecular weight excluding hydrogens is 194 g/mol. The maximum atomic E-state index is 9.76. The van der Waals surface area contributed by atoms with Crippen molar-refractivity contribution in [3.8, 4) is 0 Å². The van der Waals surface area contributed by atoms with Crippen LogP contribution >= 0.6 is 11.8 Å². The van der Waals surface area contributed by atoms with Crippen LogP contribution in [0, 0.1) is 5.92 Å². The average Bonchev–Trinajstić information content (AvgIpc) is 2.44. The number of hydrogen-bond acceptors (Lipinski definition) is 3. The van der Waals surface area contributed by atoms with Crippen molar-refractivity contribution in [2.45, 2.75) is 31.8 Å². The van der Waals surface area contributed by atoms with Gasteiger partial charge in [0.05, 0.1) is 6.10 Å². The van der Waals surface area contributed by atoms with Gasteiger partial charge in [0.15, 0.2) is 0 Å². The van der Waals surface area contributed by atoms with Crippen LogP contribution in [0.2, 0.25) is 0 Å². The Labute approximate surface area is 91.1 Å². The second-order valence-corrected chi connectivity index (χ2v) is 5.75. The van der Waals surface area contributed by atoms with Gasteiger partial charge in [0, 0.05) is 18.8 Å². The fraction of sp³-hybridized carbons (Fsp3) is 1.00. The lowest BCUT2D eigenvalue weighted by Gasteiger charge is -2.25. The Morgan fingerprint density at radius 2 is 2.07 bits per heavy atom. The molecule has 82 valence electrons. The van der Waals surface area contributed by atoms with Gasteiger partial charge in [0.1, 0.15) is 0 Å². The van der Waals surface area contributed by atoms with Gasteiger partial charge in [-0.2, -0.15) is 11.8 Å². The molecule has 2 aliphatic rings. The maximum absolute atomic E-state index is 9.76. The van der Waals surface area contributed by atoms with Gasteiger partial charge in [-0.25, -0.2) is 0 Å². The summed E-state index contributed by atoms with van der Waals surface area (Å²) in [7, 11) is 0. The summed E-state index contributed by atoms with van der Waals surface area (Å²) in [4.78, 5) is 2.55. The van der Waals surface area contributed by atoms with Crippen molar-refractivity contribution < 1.29 is 5.11 Å². The van der Waals surface area contributed by atoms with Gasteiger partial charge in [-0.3, -0.25) is 0 Å². The third-order valence-electron chi connectivity index (χ3n) is 3.43. The van der Waals surface area contributed by atoms with Crippen LogP contribution in [-0.2, 0) is 0 Å². The Morgan fingerprint density at radius 3 is 2.86 bits per heavy atom. The van der Waals surface area contributed by atoms with Crippen LogP contribution in [0.25, 0.3) is 0 Å². The Kier molecular flexibility index (Phi) is 4.14. The quantitative estimate of drug-likeness (QED) is 0.756. The lowest BCUT2D eigenvalue weighted by Crippen LogP contribution is -2.34. The fourth-order valence-corrected chi connectivity index (χ4v) is 3.47. The molecule has 1 saturated heterocycles. The van der Waals surface area contributed by atoms with E-state index in [9.17, 15) is 5.11 Å². The van der Waals surface area contributed by atoms with E-state index in [1.54, 1.807) is 0 Å². The van der Waals surface area contributed by atoms with Crippen molar-refractivity contribution in [2.24, 2.45) is 5.92 Å². The summed E-state index contributed by atoms with van der Waals surface area (Å²) in [5.41, 5.74) is 0. The first-order chi connectivity index (χ1) is 6.86. The summed E-state index contributed by atoms with van der Waals surface area (Å²) in [6.07, 6.45) is 4.82. The Morgan fingerprint density at radius 1 is 1.14 bits per heavy atom. The number of aliphatic hydroxyl groups is 1. The van der Waals surface area contributed by atoms with E-state index < -0.39 is 0 Å². The molecular formula is C11H21NOS.